The molecule has 3 rings (SSSR count). The number of fused-ring (bicyclic) bond motifs is 1. The van der Waals surface area contributed by atoms with Crippen molar-refractivity contribution in [2.24, 2.45) is 0 Å². The number of aliphatic hydroxyl groups is 1. The summed E-state index contributed by atoms with van der Waals surface area (Å²) in [7, 11) is 0. The van der Waals surface area contributed by atoms with Gasteiger partial charge in [-0.25, -0.2) is 4.98 Å². The Labute approximate surface area is 108 Å². The average Bonchev–Trinajstić information content (AvgIpc) is 2.72. The zero-order valence-corrected chi connectivity index (χ0v) is 10.9. The minimum Gasteiger partial charge on any atom is -0.391 e. The molecular weight excluding hydrogens is 280 g/mol. The molecule has 0 saturated heterocycles. The molecule has 2 heterocycles. The van der Waals surface area contributed by atoms with Gasteiger partial charge in [0.1, 0.15) is 5.82 Å². The third-order valence-corrected chi connectivity index (χ3v) is 3.64. The summed E-state index contributed by atoms with van der Waals surface area (Å²) in [6.45, 7) is 0.666. The van der Waals surface area contributed by atoms with E-state index in [-0.39, 0.29) is 6.10 Å². The lowest BCUT2D eigenvalue weighted by Gasteiger charge is -2.18. The van der Waals surface area contributed by atoms with Crippen molar-refractivity contribution in [3.63, 3.8) is 0 Å². The largest absolute Gasteiger partial charge is 0.391 e. The van der Waals surface area contributed by atoms with Gasteiger partial charge in [0, 0.05) is 29.2 Å². The maximum absolute atomic E-state index is 9.62. The number of hydrogen-bond donors (Lipinski definition) is 1. The van der Waals surface area contributed by atoms with Gasteiger partial charge in [0.05, 0.1) is 11.8 Å². The van der Waals surface area contributed by atoms with Crippen LogP contribution in [0.1, 0.15) is 12.2 Å². The van der Waals surface area contributed by atoms with Gasteiger partial charge in [0.25, 0.3) is 0 Å². The highest BCUT2D eigenvalue weighted by Crippen LogP contribution is 2.24. The van der Waals surface area contributed by atoms with Crippen molar-refractivity contribution in [3.05, 3.63) is 40.8 Å². The molecule has 0 radical (unpaired) electrons. The molecule has 0 fully saturated rings. The topological polar surface area (TPSA) is 38.1 Å². The molecule has 1 aromatic carbocycles. The maximum Gasteiger partial charge on any atom is 0.109 e. The molecule has 1 aliphatic rings. The Bertz CT molecular complexity index is 533. The lowest BCUT2D eigenvalue weighted by Crippen LogP contribution is -2.23. The Morgan fingerprint density at radius 2 is 2.06 bits per heavy atom. The fraction of sp³-hybridized carbons (Fsp3) is 0.308. The number of rotatable bonds is 1. The number of benzene rings is 1. The highest BCUT2D eigenvalue weighted by Gasteiger charge is 2.18. The summed E-state index contributed by atoms with van der Waals surface area (Å²) in [6, 6.07) is 8.13. The molecule has 1 atom stereocenters. The summed E-state index contributed by atoms with van der Waals surface area (Å²) in [5.41, 5.74) is 2.10. The van der Waals surface area contributed by atoms with Crippen LogP contribution < -0.4 is 0 Å². The normalized spacial score (nSPS) is 19.1. The fourth-order valence-electron chi connectivity index (χ4n) is 2.19. The molecule has 4 heteroatoms. The van der Waals surface area contributed by atoms with Crippen LogP contribution in [0.15, 0.2) is 34.9 Å². The van der Waals surface area contributed by atoms with E-state index in [4.69, 9.17) is 0 Å². The van der Waals surface area contributed by atoms with Crippen LogP contribution in [0.3, 0.4) is 0 Å². The molecule has 3 nitrogen and oxygen atoms in total. The predicted octanol–water partition coefficient (Wildman–Crippen LogP) is 2.62. The first-order valence-corrected chi connectivity index (χ1v) is 6.52. The Balaban J connectivity index is 1.97. The Morgan fingerprint density at radius 3 is 2.82 bits per heavy atom. The van der Waals surface area contributed by atoms with Crippen LogP contribution in [-0.4, -0.2) is 20.8 Å². The van der Waals surface area contributed by atoms with E-state index < -0.39 is 0 Å². The molecule has 1 unspecified atom stereocenters. The van der Waals surface area contributed by atoms with Crippen molar-refractivity contribution >= 4 is 15.9 Å². The first-order valence-electron chi connectivity index (χ1n) is 5.72. The van der Waals surface area contributed by atoms with Crippen molar-refractivity contribution in [3.8, 4) is 11.3 Å². The van der Waals surface area contributed by atoms with Gasteiger partial charge in [-0.3, -0.25) is 0 Å². The van der Waals surface area contributed by atoms with Gasteiger partial charge in [-0.15, -0.1) is 0 Å². The average molecular weight is 293 g/mol. The molecule has 88 valence electrons. The lowest BCUT2D eigenvalue weighted by atomic mass is 10.1. The molecule has 17 heavy (non-hydrogen) atoms. The predicted molar refractivity (Wildman–Crippen MR) is 69.7 cm³/mol. The number of nitrogens with zero attached hydrogens (tertiary/aromatic N) is 2. The minimum absolute atomic E-state index is 0.227. The van der Waals surface area contributed by atoms with Crippen LogP contribution in [0.25, 0.3) is 11.3 Å². The van der Waals surface area contributed by atoms with Crippen LogP contribution in [0.2, 0.25) is 0 Å². The van der Waals surface area contributed by atoms with E-state index in [1.54, 1.807) is 0 Å². The van der Waals surface area contributed by atoms with Crippen molar-refractivity contribution in [2.75, 3.05) is 0 Å². The van der Waals surface area contributed by atoms with E-state index in [0.29, 0.717) is 6.54 Å². The zero-order chi connectivity index (χ0) is 11.8. The minimum atomic E-state index is -0.227. The van der Waals surface area contributed by atoms with Crippen molar-refractivity contribution in [2.45, 2.75) is 25.5 Å². The number of halogens is 1. The monoisotopic (exact) mass is 292 g/mol. The molecule has 1 N–H and O–H groups in total. The summed E-state index contributed by atoms with van der Waals surface area (Å²) in [5, 5.41) is 9.62. The van der Waals surface area contributed by atoms with Crippen LogP contribution in [0, 0.1) is 0 Å². The highest BCUT2D eigenvalue weighted by molar-refractivity contribution is 9.10. The molecule has 0 amide bonds. The number of aromatic nitrogens is 2. The van der Waals surface area contributed by atoms with E-state index in [1.165, 1.54) is 0 Å². The Morgan fingerprint density at radius 1 is 1.29 bits per heavy atom. The third-order valence-electron chi connectivity index (χ3n) is 3.11. The summed E-state index contributed by atoms with van der Waals surface area (Å²) in [4.78, 5) is 4.62. The van der Waals surface area contributed by atoms with Crippen molar-refractivity contribution < 1.29 is 5.11 Å². The standard InChI is InChI=1S/C13H13BrN2O/c14-10-3-1-9(2-4-10)12-8-16-7-11(17)5-6-13(16)15-12/h1-4,8,11,17H,5-7H2. The van der Waals surface area contributed by atoms with Gasteiger partial charge in [-0.2, -0.15) is 0 Å². The van der Waals surface area contributed by atoms with Crippen LogP contribution in [0.5, 0.6) is 0 Å². The third kappa shape index (κ3) is 2.15. The van der Waals surface area contributed by atoms with Crippen molar-refractivity contribution in [1.82, 2.24) is 9.55 Å². The number of aryl methyl sites for hydroxylation is 1. The molecule has 0 aliphatic carbocycles. The second kappa shape index (κ2) is 4.27. The maximum atomic E-state index is 9.62. The van der Waals surface area contributed by atoms with Gasteiger partial charge in [-0.05, 0) is 18.6 Å². The zero-order valence-electron chi connectivity index (χ0n) is 9.31. The van der Waals surface area contributed by atoms with Crippen LogP contribution >= 0.6 is 15.9 Å². The van der Waals surface area contributed by atoms with Crippen molar-refractivity contribution in [1.29, 1.82) is 0 Å². The molecule has 1 aliphatic heterocycles. The quantitative estimate of drug-likeness (QED) is 0.877. The molecule has 2 aromatic rings. The Hall–Kier alpha value is -1.13. The van der Waals surface area contributed by atoms with Gasteiger partial charge in [-0.1, -0.05) is 28.1 Å². The molecular formula is C13H13BrN2O. The van der Waals surface area contributed by atoms with E-state index in [2.05, 4.69) is 37.6 Å². The van der Waals surface area contributed by atoms with E-state index in [1.807, 2.05) is 18.3 Å². The number of imidazole rings is 1. The van der Waals surface area contributed by atoms with Crippen LogP contribution in [-0.2, 0) is 13.0 Å². The molecule has 0 spiro atoms. The van der Waals surface area contributed by atoms with E-state index >= 15 is 0 Å². The van der Waals surface area contributed by atoms with Gasteiger partial charge in [0.2, 0.25) is 0 Å². The molecule has 0 saturated carbocycles. The first kappa shape index (κ1) is 11.0. The van der Waals surface area contributed by atoms with E-state index in [0.717, 1.165) is 34.4 Å². The number of aliphatic hydroxyl groups excluding tert-OH is 1. The SMILES string of the molecule is OC1CCc2nc(-c3ccc(Br)cc3)cn2C1. The van der Waals surface area contributed by atoms with Gasteiger partial charge >= 0.3 is 0 Å². The fourth-order valence-corrected chi connectivity index (χ4v) is 2.45. The summed E-state index contributed by atoms with van der Waals surface area (Å²) < 4.78 is 3.13. The molecule has 1 aromatic heterocycles. The van der Waals surface area contributed by atoms with Gasteiger partial charge in [0.15, 0.2) is 0 Å². The smallest absolute Gasteiger partial charge is 0.109 e. The molecule has 0 bridgehead atoms. The van der Waals surface area contributed by atoms with Crippen LogP contribution in [0.4, 0.5) is 0 Å². The summed E-state index contributed by atoms with van der Waals surface area (Å²) in [5.74, 6) is 1.08. The highest BCUT2D eigenvalue weighted by atomic mass is 79.9. The lowest BCUT2D eigenvalue weighted by molar-refractivity contribution is 0.130. The first-order chi connectivity index (χ1) is 8.22. The van der Waals surface area contributed by atoms with E-state index in [9.17, 15) is 5.11 Å². The summed E-state index contributed by atoms with van der Waals surface area (Å²) in [6.07, 6.45) is 3.48. The second-order valence-corrected chi connectivity index (χ2v) is 5.31. The Kier molecular flexibility index (Phi) is 2.76. The second-order valence-electron chi connectivity index (χ2n) is 4.39. The number of hydrogen-bond acceptors (Lipinski definition) is 2. The van der Waals surface area contributed by atoms with Gasteiger partial charge < -0.3 is 9.67 Å². The summed E-state index contributed by atoms with van der Waals surface area (Å²) >= 11 is 3.42.